The van der Waals surface area contributed by atoms with Gasteiger partial charge in [-0.15, -0.1) is 0 Å². The Morgan fingerprint density at radius 2 is 1.94 bits per heavy atom. The summed E-state index contributed by atoms with van der Waals surface area (Å²) in [7, 11) is -2.45. The first-order valence-electron chi connectivity index (χ1n) is 4.78. The molecule has 1 aromatic heterocycles. The van der Waals surface area contributed by atoms with Crippen LogP contribution in [0.4, 0.5) is 0 Å². The zero-order valence-electron chi connectivity index (χ0n) is 9.77. The first kappa shape index (κ1) is 15.4. The second-order valence-electron chi connectivity index (χ2n) is 3.24. The third-order valence-corrected chi connectivity index (χ3v) is 5.68. The van der Waals surface area contributed by atoms with Crippen LogP contribution < -0.4 is 29.3 Å². The summed E-state index contributed by atoms with van der Waals surface area (Å²) in [5.74, 6) is -1.29. The minimum absolute atomic E-state index is 0. The normalized spacial score (nSPS) is 10.6. The third-order valence-electron chi connectivity index (χ3n) is 2.45. The van der Waals surface area contributed by atoms with Gasteiger partial charge >= 0.3 is 18.9 Å². The van der Waals surface area contributed by atoms with Crippen LogP contribution >= 0.6 is 7.14 Å². The number of nitrogens with zero attached hydrogens (tertiary/aromatic N) is 1. The summed E-state index contributed by atoms with van der Waals surface area (Å²) in [6.45, 7) is 3.66. The van der Waals surface area contributed by atoms with Gasteiger partial charge in [-0.05, 0) is 6.07 Å². The minimum atomic E-state index is -2.45. The molecule has 0 saturated carbocycles. The average molecular weight is 233 g/mol. The Balaban J connectivity index is 0.00000225. The first-order valence-corrected chi connectivity index (χ1v) is 6.86. The molecule has 6 heteroatoms. The van der Waals surface area contributed by atoms with Crippen LogP contribution in [0.1, 0.15) is 24.2 Å². The van der Waals surface area contributed by atoms with Gasteiger partial charge in [-0.2, -0.15) is 0 Å². The zero-order valence-corrected chi connectivity index (χ0v) is 10.7. The van der Waals surface area contributed by atoms with Gasteiger partial charge in [-0.1, -0.05) is 13.8 Å². The standard InChI is InChI=1S/C10H14NO3P.Li/c1-3-15(14,4-2)9-5-8(10(12)13)6-11-7-9;/h5-7H,3-4H2,1-2H3,(H,12,13);/q;+1/p-1. The van der Waals surface area contributed by atoms with Crippen LogP contribution in [0.25, 0.3) is 0 Å². The topological polar surface area (TPSA) is 70.1 Å². The maximum absolute atomic E-state index is 12.3. The molecule has 0 fully saturated rings. The van der Waals surface area contributed by atoms with E-state index in [0.717, 1.165) is 0 Å². The van der Waals surface area contributed by atoms with Crippen LogP contribution in [-0.4, -0.2) is 23.3 Å². The Labute approximate surface area is 107 Å². The van der Waals surface area contributed by atoms with E-state index in [-0.39, 0.29) is 24.4 Å². The van der Waals surface area contributed by atoms with Crippen molar-refractivity contribution in [2.45, 2.75) is 13.8 Å². The summed E-state index contributed by atoms with van der Waals surface area (Å²) >= 11 is 0. The van der Waals surface area contributed by atoms with E-state index in [4.69, 9.17) is 0 Å². The minimum Gasteiger partial charge on any atom is -0.545 e. The van der Waals surface area contributed by atoms with Crippen molar-refractivity contribution in [2.75, 3.05) is 12.3 Å². The second-order valence-corrected chi connectivity index (χ2v) is 6.80. The molecule has 0 bridgehead atoms. The predicted octanol–water partition coefficient (Wildman–Crippen LogP) is -2.52. The Morgan fingerprint density at radius 3 is 2.38 bits per heavy atom. The maximum atomic E-state index is 12.3. The van der Waals surface area contributed by atoms with Gasteiger partial charge in [0.1, 0.15) is 7.14 Å². The number of carbonyl (C=O) groups is 1. The van der Waals surface area contributed by atoms with Gasteiger partial charge in [0.25, 0.3) is 0 Å². The smallest absolute Gasteiger partial charge is 0.545 e. The molecule has 0 aromatic carbocycles. The molecule has 82 valence electrons. The van der Waals surface area contributed by atoms with Crippen LogP contribution in [0.15, 0.2) is 18.5 Å². The monoisotopic (exact) mass is 233 g/mol. The Morgan fingerprint density at radius 1 is 1.38 bits per heavy atom. The van der Waals surface area contributed by atoms with Crippen LogP contribution in [0.2, 0.25) is 0 Å². The van der Waals surface area contributed by atoms with Crippen molar-refractivity contribution in [1.29, 1.82) is 0 Å². The molecule has 0 aliphatic carbocycles. The van der Waals surface area contributed by atoms with Gasteiger partial charge in [-0.25, -0.2) is 0 Å². The molecule has 0 radical (unpaired) electrons. The van der Waals surface area contributed by atoms with Gasteiger partial charge in [0, 0.05) is 35.6 Å². The van der Waals surface area contributed by atoms with E-state index in [1.165, 1.54) is 18.5 Å². The Kier molecular flexibility index (Phi) is 6.03. The van der Waals surface area contributed by atoms with Crippen molar-refractivity contribution in [3.05, 3.63) is 24.0 Å². The summed E-state index contributed by atoms with van der Waals surface area (Å²) in [6, 6.07) is 1.40. The predicted molar refractivity (Wildman–Crippen MR) is 56.9 cm³/mol. The number of aromatic carboxylic acids is 1. The van der Waals surface area contributed by atoms with E-state index in [1.807, 2.05) is 13.8 Å². The van der Waals surface area contributed by atoms with Crippen molar-refractivity contribution in [1.82, 2.24) is 4.98 Å². The van der Waals surface area contributed by atoms with Gasteiger partial charge in [0.2, 0.25) is 0 Å². The number of aromatic nitrogens is 1. The van der Waals surface area contributed by atoms with Gasteiger partial charge in [0.05, 0.1) is 5.97 Å². The van der Waals surface area contributed by atoms with Crippen molar-refractivity contribution in [2.24, 2.45) is 0 Å². The van der Waals surface area contributed by atoms with Crippen molar-refractivity contribution < 1.29 is 33.3 Å². The van der Waals surface area contributed by atoms with E-state index < -0.39 is 13.1 Å². The molecule has 0 unspecified atom stereocenters. The zero-order chi connectivity index (χ0) is 11.5. The molecular weight excluding hydrogens is 220 g/mol. The average Bonchev–Trinajstić information content (AvgIpc) is 2.28. The Bertz CT molecular complexity index is 414. The van der Waals surface area contributed by atoms with E-state index in [0.29, 0.717) is 17.6 Å². The quantitative estimate of drug-likeness (QED) is 0.425. The maximum Gasteiger partial charge on any atom is 1.00 e. The fourth-order valence-corrected chi connectivity index (χ4v) is 3.18. The van der Waals surface area contributed by atoms with E-state index >= 15 is 0 Å². The molecule has 1 rings (SSSR count). The number of hydrogen-bond donors (Lipinski definition) is 0. The summed E-state index contributed by atoms with van der Waals surface area (Å²) < 4.78 is 12.3. The van der Waals surface area contributed by atoms with Crippen LogP contribution in [0.3, 0.4) is 0 Å². The van der Waals surface area contributed by atoms with Crippen LogP contribution in [0, 0.1) is 0 Å². The van der Waals surface area contributed by atoms with E-state index in [9.17, 15) is 14.5 Å². The molecule has 0 N–H and O–H groups in total. The summed E-state index contributed by atoms with van der Waals surface area (Å²) in [6.07, 6.45) is 3.71. The number of carbonyl (C=O) groups excluding carboxylic acids is 1. The molecule has 16 heavy (non-hydrogen) atoms. The molecule has 1 aromatic rings. The first-order chi connectivity index (χ1) is 7.03. The molecule has 0 spiro atoms. The fraction of sp³-hybridized carbons (Fsp3) is 0.400. The molecule has 1 heterocycles. The molecule has 0 amide bonds. The number of hydrogen-bond acceptors (Lipinski definition) is 4. The molecular formula is C10H13LiNO3P. The summed E-state index contributed by atoms with van der Waals surface area (Å²) in [4.78, 5) is 14.4. The molecule has 0 aliphatic heterocycles. The molecule has 0 atom stereocenters. The van der Waals surface area contributed by atoms with Crippen LogP contribution in [-0.2, 0) is 4.57 Å². The number of carboxylic acid groups (broad SMARTS) is 1. The molecule has 4 nitrogen and oxygen atoms in total. The summed E-state index contributed by atoms with van der Waals surface area (Å²) in [5.41, 5.74) is -0.0189. The van der Waals surface area contributed by atoms with Crippen molar-refractivity contribution >= 4 is 18.4 Å². The number of pyridine rings is 1. The number of carboxylic acids is 1. The Hall–Kier alpha value is -0.553. The second kappa shape index (κ2) is 6.25. The van der Waals surface area contributed by atoms with Crippen LogP contribution in [0.5, 0.6) is 0 Å². The van der Waals surface area contributed by atoms with Crippen molar-refractivity contribution in [3.8, 4) is 0 Å². The SMILES string of the molecule is CCP(=O)(CC)c1cncc(C(=O)[O-])c1.[Li+]. The van der Waals surface area contributed by atoms with E-state index in [2.05, 4.69) is 4.98 Å². The summed E-state index contributed by atoms with van der Waals surface area (Å²) in [5, 5.41) is 11.1. The van der Waals surface area contributed by atoms with Crippen molar-refractivity contribution in [3.63, 3.8) is 0 Å². The molecule has 0 aliphatic rings. The molecule has 0 saturated heterocycles. The van der Waals surface area contributed by atoms with Gasteiger partial charge in [0.15, 0.2) is 0 Å². The van der Waals surface area contributed by atoms with Gasteiger partial charge in [-0.3, -0.25) is 4.98 Å². The van der Waals surface area contributed by atoms with E-state index in [1.54, 1.807) is 0 Å². The fourth-order valence-electron chi connectivity index (χ4n) is 1.35. The number of rotatable bonds is 4. The largest absolute Gasteiger partial charge is 1.00 e. The van der Waals surface area contributed by atoms with Gasteiger partial charge < -0.3 is 14.5 Å². The third kappa shape index (κ3) is 3.22.